The first-order valence-electron chi connectivity index (χ1n) is 5.32. The third-order valence-corrected chi connectivity index (χ3v) is 2.32. The van der Waals surface area contributed by atoms with Gasteiger partial charge in [0.15, 0.2) is 0 Å². The summed E-state index contributed by atoms with van der Waals surface area (Å²) in [6.07, 6.45) is 3.72. The summed E-state index contributed by atoms with van der Waals surface area (Å²) in [5, 5.41) is 4.10. The molecule has 0 radical (unpaired) electrons. The largest absolute Gasteiger partial charge is 0.467 e. The van der Waals surface area contributed by atoms with Crippen LogP contribution in [0.5, 0.6) is 6.01 Å². The topological polar surface area (TPSA) is 95.0 Å². The molecule has 0 saturated carbocycles. The fourth-order valence-corrected chi connectivity index (χ4v) is 1.52. The monoisotopic (exact) mass is 249 g/mol. The highest BCUT2D eigenvalue weighted by molar-refractivity contribution is 5.35. The van der Waals surface area contributed by atoms with E-state index < -0.39 is 0 Å². The summed E-state index contributed by atoms with van der Waals surface area (Å²) >= 11 is 0. The molecule has 2 aromatic rings. The van der Waals surface area contributed by atoms with Crippen molar-refractivity contribution in [3.8, 4) is 6.01 Å². The van der Waals surface area contributed by atoms with Crippen LogP contribution >= 0.6 is 0 Å². The molecule has 2 N–H and O–H groups in total. The number of hydrogen-bond donors (Lipinski definition) is 1. The summed E-state index contributed by atoms with van der Waals surface area (Å²) in [5.41, 5.74) is 6.64. The Morgan fingerprint density at radius 3 is 2.78 bits per heavy atom. The fourth-order valence-electron chi connectivity index (χ4n) is 1.52. The van der Waals surface area contributed by atoms with Gasteiger partial charge in [0.05, 0.1) is 13.3 Å². The lowest BCUT2D eigenvalue weighted by atomic mass is 10.3. The van der Waals surface area contributed by atoms with E-state index in [2.05, 4.69) is 20.1 Å². The van der Waals surface area contributed by atoms with Gasteiger partial charge in [-0.1, -0.05) is 0 Å². The molecule has 0 aliphatic rings. The molecule has 0 aliphatic heterocycles. The Bertz CT molecular complexity index is 539. The summed E-state index contributed by atoms with van der Waals surface area (Å²) in [6, 6.07) is 0.204. The molecule has 2 heterocycles. The second-order valence-corrected chi connectivity index (χ2v) is 3.86. The zero-order valence-electron chi connectivity index (χ0n) is 10.5. The Labute approximate surface area is 104 Å². The van der Waals surface area contributed by atoms with E-state index in [4.69, 9.17) is 10.5 Å². The molecule has 8 nitrogen and oxygen atoms in total. The Morgan fingerprint density at radius 1 is 1.39 bits per heavy atom. The highest BCUT2D eigenvalue weighted by atomic mass is 16.5. The van der Waals surface area contributed by atoms with E-state index in [-0.39, 0.29) is 12.0 Å². The van der Waals surface area contributed by atoms with Gasteiger partial charge in [-0.05, 0) is 0 Å². The smallest absolute Gasteiger partial charge is 0.322 e. The van der Waals surface area contributed by atoms with Crippen molar-refractivity contribution in [2.75, 3.05) is 24.8 Å². The van der Waals surface area contributed by atoms with Crippen LogP contribution < -0.4 is 15.4 Å². The molecular weight excluding hydrogens is 234 g/mol. The van der Waals surface area contributed by atoms with Crippen LogP contribution in [0.15, 0.2) is 12.4 Å². The molecule has 0 aliphatic carbocycles. The van der Waals surface area contributed by atoms with Crippen molar-refractivity contribution in [3.05, 3.63) is 18.0 Å². The molecule has 2 aromatic heterocycles. The van der Waals surface area contributed by atoms with Crippen molar-refractivity contribution in [3.63, 3.8) is 0 Å². The lowest BCUT2D eigenvalue weighted by molar-refractivity contribution is 0.379. The Kier molecular flexibility index (Phi) is 3.26. The van der Waals surface area contributed by atoms with Crippen LogP contribution in [0.25, 0.3) is 0 Å². The molecule has 0 saturated heterocycles. The van der Waals surface area contributed by atoms with Gasteiger partial charge < -0.3 is 15.4 Å². The Hall–Kier alpha value is -2.38. The zero-order valence-corrected chi connectivity index (χ0v) is 10.5. The number of methoxy groups -OCH3 is 1. The van der Waals surface area contributed by atoms with Crippen molar-refractivity contribution >= 4 is 11.9 Å². The molecule has 18 heavy (non-hydrogen) atoms. The Balaban J connectivity index is 2.17. The predicted molar refractivity (Wildman–Crippen MR) is 66.1 cm³/mol. The van der Waals surface area contributed by atoms with E-state index in [0.29, 0.717) is 12.5 Å². The third-order valence-electron chi connectivity index (χ3n) is 2.32. The second kappa shape index (κ2) is 4.86. The minimum absolute atomic E-state index is 0.134. The standard InChI is InChI=1S/C10H15N7O/c1-16(5-7-4-12-17(2)6-7)9-13-8(11)14-10(15-9)18-3/h4,6H,5H2,1-3H3,(H2,11,13,14,15). The van der Waals surface area contributed by atoms with Gasteiger partial charge >= 0.3 is 6.01 Å². The first kappa shape index (κ1) is 12.1. The Morgan fingerprint density at radius 2 is 2.17 bits per heavy atom. The van der Waals surface area contributed by atoms with Gasteiger partial charge in [-0.3, -0.25) is 4.68 Å². The van der Waals surface area contributed by atoms with Gasteiger partial charge in [-0.25, -0.2) is 0 Å². The number of nitrogens with zero attached hydrogens (tertiary/aromatic N) is 6. The maximum atomic E-state index is 5.58. The van der Waals surface area contributed by atoms with E-state index in [1.165, 1.54) is 7.11 Å². The first-order valence-corrected chi connectivity index (χ1v) is 5.32. The van der Waals surface area contributed by atoms with E-state index in [1.54, 1.807) is 10.9 Å². The minimum atomic E-state index is 0.134. The average Bonchev–Trinajstić information content (AvgIpc) is 2.73. The molecule has 96 valence electrons. The quantitative estimate of drug-likeness (QED) is 0.803. The van der Waals surface area contributed by atoms with Crippen molar-refractivity contribution in [2.45, 2.75) is 6.54 Å². The summed E-state index contributed by atoms with van der Waals surface area (Å²) < 4.78 is 6.70. The van der Waals surface area contributed by atoms with Crippen LogP contribution in [0.2, 0.25) is 0 Å². The second-order valence-electron chi connectivity index (χ2n) is 3.86. The number of nitrogens with two attached hydrogens (primary N) is 1. The molecule has 0 aromatic carbocycles. The molecule has 0 spiro atoms. The number of rotatable bonds is 4. The predicted octanol–water partition coefficient (Wildman–Crippen LogP) is -0.168. The first-order chi connectivity index (χ1) is 8.58. The maximum absolute atomic E-state index is 5.58. The van der Waals surface area contributed by atoms with Gasteiger partial charge in [0, 0.05) is 32.4 Å². The molecule has 2 rings (SSSR count). The van der Waals surface area contributed by atoms with Crippen molar-refractivity contribution in [1.82, 2.24) is 24.7 Å². The third kappa shape index (κ3) is 2.65. The maximum Gasteiger partial charge on any atom is 0.322 e. The fraction of sp³-hybridized carbons (Fsp3) is 0.400. The van der Waals surface area contributed by atoms with E-state index in [0.717, 1.165) is 5.56 Å². The van der Waals surface area contributed by atoms with E-state index in [9.17, 15) is 0 Å². The van der Waals surface area contributed by atoms with Crippen molar-refractivity contribution in [1.29, 1.82) is 0 Å². The summed E-state index contributed by atoms with van der Waals surface area (Å²) in [5.74, 6) is 0.595. The minimum Gasteiger partial charge on any atom is -0.467 e. The van der Waals surface area contributed by atoms with Crippen molar-refractivity contribution in [2.24, 2.45) is 7.05 Å². The summed E-state index contributed by atoms with van der Waals surface area (Å²) in [4.78, 5) is 13.9. The summed E-state index contributed by atoms with van der Waals surface area (Å²) in [6.45, 7) is 0.625. The van der Waals surface area contributed by atoms with Gasteiger partial charge in [0.25, 0.3) is 0 Å². The van der Waals surface area contributed by atoms with Gasteiger partial charge in [-0.15, -0.1) is 0 Å². The number of hydrogen-bond acceptors (Lipinski definition) is 7. The normalized spacial score (nSPS) is 10.4. The van der Waals surface area contributed by atoms with Gasteiger partial charge in [-0.2, -0.15) is 20.1 Å². The van der Waals surface area contributed by atoms with Crippen LogP contribution in [0, 0.1) is 0 Å². The van der Waals surface area contributed by atoms with Crippen LogP contribution in [0.3, 0.4) is 0 Å². The number of ether oxygens (including phenoxy) is 1. The SMILES string of the molecule is COc1nc(N)nc(N(C)Cc2cnn(C)c2)n1. The van der Waals surface area contributed by atoms with Gasteiger partial charge in [0.2, 0.25) is 11.9 Å². The average molecular weight is 249 g/mol. The highest BCUT2D eigenvalue weighted by Crippen LogP contribution is 2.13. The molecule has 0 fully saturated rings. The van der Waals surface area contributed by atoms with E-state index in [1.807, 2.05) is 25.2 Å². The lowest BCUT2D eigenvalue weighted by Gasteiger charge is -2.16. The van der Waals surface area contributed by atoms with Gasteiger partial charge in [0.1, 0.15) is 0 Å². The summed E-state index contributed by atoms with van der Waals surface area (Å²) in [7, 11) is 5.22. The number of anilines is 2. The molecular formula is C10H15N7O. The van der Waals surface area contributed by atoms with E-state index >= 15 is 0 Å². The van der Waals surface area contributed by atoms with Crippen LogP contribution in [0.1, 0.15) is 5.56 Å². The number of nitrogen functional groups attached to an aromatic ring is 1. The van der Waals surface area contributed by atoms with Crippen LogP contribution in [-0.2, 0) is 13.6 Å². The van der Waals surface area contributed by atoms with Crippen LogP contribution in [-0.4, -0.2) is 38.9 Å². The molecule has 0 unspecified atom stereocenters. The molecule has 0 atom stereocenters. The number of aromatic nitrogens is 5. The van der Waals surface area contributed by atoms with Crippen molar-refractivity contribution < 1.29 is 4.74 Å². The molecule has 0 amide bonds. The molecule has 0 bridgehead atoms. The lowest BCUT2D eigenvalue weighted by Crippen LogP contribution is -2.20. The van der Waals surface area contributed by atoms with Crippen LogP contribution in [0.4, 0.5) is 11.9 Å². The number of aryl methyl sites for hydroxylation is 1. The zero-order chi connectivity index (χ0) is 13.1. The highest BCUT2D eigenvalue weighted by Gasteiger charge is 2.10. The molecule has 8 heteroatoms.